The molecule has 0 aliphatic rings. The first-order chi connectivity index (χ1) is 13.5. The van der Waals surface area contributed by atoms with E-state index in [4.69, 9.17) is 4.42 Å². The Balaban J connectivity index is 1.91. The van der Waals surface area contributed by atoms with Crippen LogP contribution in [0.3, 0.4) is 0 Å². The maximum Gasteiger partial charge on any atom is 0.433 e. The van der Waals surface area contributed by atoms with Gasteiger partial charge in [-0.15, -0.1) is 0 Å². The molecule has 0 N–H and O–H groups in total. The van der Waals surface area contributed by atoms with Gasteiger partial charge in [0.1, 0.15) is 4.92 Å². The molecular weight excluding hydrogens is 428 g/mol. The maximum absolute atomic E-state index is 13.1. The molecule has 0 bridgehead atoms. The molecule has 2 aromatic carbocycles. The zero-order chi connectivity index (χ0) is 19.7. The average Bonchev–Trinajstić information content (AvgIpc) is 3.18. The molecule has 138 valence electrons. The summed E-state index contributed by atoms with van der Waals surface area (Å²) in [4.78, 5) is 27.8. The lowest BCUT2D eigenvalue weighted by atomic mass is 10.2. The minimum absolute atomic E-state index is 0.145. The highest BCUT2D eigenvalue weighted by Crippen LogP contribution is 2.21. The van der Waals surface area contributed by atoms with Crippen molar-refractivity contribution in [2.45, 2.75) is 0 Å². The van der Waals surface area contributed by atoms with Crippen LogP contribution >= 0.6 is 15.9 Å². The number of hydrogen-bond donors (Lipinski definition) is 0. The molecule has 0 fully saturated rings. The van der Waals surface area contributed by atoms with E-state index in [2.05, 4.69) is 26.0 Å². The number of fused-ring (bicyclic) bond motifs is 1. The summed E-state index contributed by atoms with van der Waals surface area (Å²) in [5, 5.41) is 15.3. The van der Waals surface area contributed by atoms with Crippen LogP contribution in [0.5, 0.6) is 0 Å². The Morgan fingerprint density at radius 2 is 1.93 bits per heavy atom. The Kier molecular flexibility index (Phi) is 4.58. The van der Waals surface area contributed by atoms with Crippen molar-refractivity contribution in [1.29, 1.82) is 0 Å². The van der Waals surface area contributed by atoms with Crippen molar-refractivity contribution in [2.24, 2.45) is 5.10 Å². The molecule has 0 aliphatic carbocycles. The van der Waals surface area contributed by atoms with E-state index in [0.717, 1.165) is 9.15 Å². The van der Waals surface area contributed by atoms with Crippen LogP contribution in [0.4, 0.5) is 5.88 Å². The fourth-order valence-corrected chi connectivity index (χ4v) is 3.02. The zero-order valence-corrected chi connectivity index (χ0v) is 15.7. The standard InChI is InChI=1S/C19H11BrN4O4/c20-13-6-8-16-15(10-13)19(25)23(18(22-16)12-4-2-1-3-5-12)21-11-14-7-9-17(28-14)24(26)27/h1-11H/b21-11+. The van der Waals surface area contributed by atoms with Crippen LogP contribution in [-0.2, 0) is 0 Å². The molecule has 0 saturated heterocycles. The maximum atomic E-state index is 13.1. The zero-order valence-electron chi connectivity index (χ0n) is 14.2. The number of hydrogen-bond acceptors (Lipinski definition) is 6. The topological polar surface area (TPSA) is 104 Å². The molecule has 4 rings (SSSR count). The molecule has 0 unspecified atom stereocenters. The van der Waals surface area contributed by atoms with Crippen molar-refractivity contribution in [3.8, 4) is 11.4 Å². The summed E-state index contributed by atoms with van der Waals surface area (Å²) in [5.74, 6) is 0.0855. The summed E-state index contributed by atoms with van der Waals surface area (Å²) in [6.45, 7) is 0. The van der Waals surface area contributed by atoms with E-state index < -0.39 is 10.8 Å². The van der Waals surface area contributed by atoms with Crippen LogP contribution < -0.4 is 5.56 Å². The van der Waals surface area contributed by atoms with E-state index >= 15 is 0 Å². The van der Waals surface area contributed by atoms with Gasteiger partial charge in [0.2, 0.25) is 0 Å². The third-order valence-corrected chi connectivity index (χ3v) is 4.43. The third kappa shape index (κ3) is 3.35. The first-order valence-electron chi connectivity index (χ1n) is 8.09. The Hall–Kier alpha value is -3.59. The van der Waals surface area contributed by atoms with E-state index in [-0.39, 0.29) is 11.3 Å². The molecule has 0 spiro atoms. The fraction of sp³-hybridized carbons (Fsp3) is 0. The first-order valence-corrected chi connectivity index (χ1v) is 8.88. The Morgan fingerprint density at radius 3 is 2.64 bits per heavy atom. The molecule has 0 amide bonds. The van der Waals surface area contributed by atoms with Crippen molar-refractivity contribution < 1.29 is 9.34 Å². The SMILES string of the molecule is O=c1c2cc(Br)ccc2nc(-c2ccccc2)n1/N=C/c1ccc([N+](=O)[O-])o1. The largest absolute Gasteiger partial charge is 0.433 e. The van der Waals surface area contributed by atoms with Gasteiger partial charge in [0, 0.05) is 10.0 Å². The molecule has 4 aromatic rings. The number of furan rings is 1. The van der Waals surface area contributed by atoms with Gasteiger partial charge in [-0.2, -0.15) is 9.78 Å². The third-order valence-electron chi connectivity index (χ3n) is 3.93. The van der Waals surface area contributed by atoms with Gasteiger partial charge in [0.25, 0.3) is 5.56 Å². The summed E-state index contributed by atoms with van der Waals surface area (Å²) in [5.41, 5.74) is 0.863. The second-order valence-electron chi connectivity index (χ2n) is 5.76. The second kappa shape index (κ2) is 7.20. The predicted octanol–water partition coefficient (Wildman–Crippen LogP) is 4.21. The molecule has 2 aromatic heterocycles. The summed E-state index contributed by atoms with van der Waals surface area (Å²) >= 11 is 3.35. The number of aromatic nitrogens is 2. The van der Waals surface area contributed by atoms with Crippen LogP contribution in [-0.4, -0.2) is 20.8 Å². The normalized spacial score (nSPS) is 11.3. The van der Waals surface area contributed by atoms with Crippen molar-refractivity contribution in [3.05, 3.63) is 91.4 Å². The molecular formula is C19H11BrN4O4. The Bertz CT molecular complexity index is 1280. The molecule has 0 saturated carbocycles. The number of nitrogens with zero attached hydrogens (tertiary/aromatic N) is 4. The number of halogens is 1. The number of rotatable bonds is 4. The summed E-state index contributed by atoms with van der Waals surface area (Å²) < 4.78 is 6.96. The lowest BCUT2D eigenvalue weighted by Gasteiger charge is -2.09. The van der Waals surface area contributed by atoms with Crippen molar-refractivity contribution >= 4 is 38.9 Å². The molecule has 2 heterocycles. The van der Waals surface area contributed by atoms with E-state index in [1.54, 1.807) is 18.2 Å². The highest BCUT2D eigenvalue weighted by Gasteiger charge is 2.14. The van der Waals surface area contributed by atoms with E-state index in [0.29, 0.717) is 22.3 Å². The first kappa shape index (κ1) is 17.8. The van der Waals surface area contributed by atoms with Crippen LogP contribution in [0.25, 0.3) is 22.3 Å². The molecule has 0 aliphatic heterocycles. The van der Waals surface area contributed by atoms with Crippen LogP contribution in [0, 0.1) is 10.1 Å². The van der Waals surface area contributed by atoms with Gasteiger partial charge in [0.15, 0.2) is 11.6 Å². The Labute approximate surface area is 166 Å². The van der Waals surface area contributed by atoms with E-state index in [1.807, 2.05) is 30.3 Å². The summed E-state index contributed by atoms with van der Waals surface area (Å²) in [7, 11) is 0. The minimum Gasteiger partial charge on any atom is -0.400 e. The second-order valence-corrected chi connectivity index (χ2v) is 6.67. The lowest BCUT2D eigenvalue weighted by Crippen LogP contribution is -2.20. The average molecular weight is 439 g/mol. The highest BCUT2D eigenvalue weighted by atomic mass is 79.9. The minimum atomic E-state index is -0.645. The molecule has 0 radical (unpaired) electrons. The van der Waals surface area contributed by atoms with E-state index in [9.17, 15) is 14.9 Å². The number of benzene rings is 2. The highest BCUT2D eigenvalue weighted by molar-refractivity contribution is 9.10. The van der Waals surface area contributed by atoms with Crippen LogP contribution in [0.2, 0.25) is 0 Å². The molecule has 0 atom stereocenters. The van der Waals surface area contributed by atoms with Gasteiger partial charge in [-0.25, -0.2) is 4.98 Å². The molecule has 9 heteroatoms. The Morgan fingerprint density at radius 1 is 1.14 bits per heavy atom. The van der Waals surface area contributed by atoms with Gasteiger partial charge in [0.05, 0.1) is 23.2 Å². The van der Waals surface area contributed by atoms with Crippen LogP contribution in [0.1, 0.15) is 5.76 Å². The van der Waals surface area contributed by atoms with Gasteiger partial charge < -0.3 is 4.42 Å². The molecule has 28 heavy (non-hydrogen) atoms. The van der Waals surface area contributed by atoms with Crippen molar-refractivity contribution in [1.82, 2.24) is 9.66 Å². The molecule has 8 nitrogen and oxygen atoms in total. The van der Waals surface area contributed by atoms with Gasteiger partial charge in [-0.05, 0) is 24.3 Å². The van der Waals surface area contributed by atoms with Crippen LogP contribution in [0.15, 0.2) is 79.4 Å². The van der Waals surface area contributed by atoms with Gasteiger partial charge in [-0.3, -0.25) is 14.9 Å². The van der Waals surface area contributed by atoms with Crippen molar-refractivity contribution in [3.63, 3.8) is 0 Å². The van der Waals surface area contributed by atoms with Gasteiger partial charge >= 0.3 is 5.88 Å². The van der Waals surface area contributed by atoms with Crippen molar-refractivity contribution in [2.75, 3.05) is 0 Å². The monoisotopic (exact) mass is 438 g/mol. The summed E-state index contributed by atoms with van der Waals surface area (Å²) in [6.07, 6.45) is 1.24. The quantitative estimate of drug-likeness (QED) is 0.269. The van der Waals surface area contributed by atoms with Gasteiger partial charge in [-0.1, -0.05) is 46.3 Å². The fourth-order valence-electron chi connectivity index (χ4n) is 2.65. The summed E-state index contributed by atoms with van der Waals surface area (Å²) in [6, 6.07) is 17.0. The van der Waals surface area contributed by atoms with E-state index in [1.165, 1.54) is 18.3 Å². The smallest absolute Gasteiger partial charge is 0.400 e. The predicted molar refractivity (Wildman–Crippen MR) is 107 cm³/mol. The number of nitro groups is 1. The lowest BCUT2D eigenvalue weighted by molar-refractivity contribution is -0.402.